The topological polar surface area (TPSA) is 27.7 Å². The van der Waals surface area contributed by atoms with Crippen molar-refractivity contribution in [2.45, 2.75) is 52.1 Å². The van der Waals surface area contributed by atoms with Crippen LogP contribution in [0.1, 0.15) is 51.2 Å². The molecule has 0 fully saturated rings. The molecule has 164 valence electrons. The van der Waals surface area contributed by atoms with Crippen LogP contribution < -0.4 is 9.47 Å². The van der Waals surface area contributed by atoms with Gasteiger partial charge in [0.15, 0.2) is 0 Å². The van der Waals surface area contributed by atoms with Crippen LogP contribution in [0.15, 0.2) is 78.9 Å². The standard InChI is InChI=1S/C28H34O3/c1-4-5-9-19-30-25-17-15-24(16-18-25)28(2,3)22-29-21-23-11-10-14-27(20-23)31-26-12-7-6-8-13-26/h6-8,10-18,20H,4-5,9,19,21-22H2,1-3H3. The Morgan fingerprint density at radius 2 is 1.48 bits per heavy atom. The quantitative estimate of drug-likeness (QED) is 0.284. The predicted molar refractivity (Wildman–Crippen MR) is 127 cm³/mol. The van der Waals surface area contributed by atoms with E-state index in [9.17, 15) is 0 Å². The molecule has 0 N–H and O–H groups in total. The molecule has 0 saturated carbocycles. The van der Waals surface area contributed by atoms with Crippen LogP contribution in [-0.2, 0) is 16.8 Å². The zero-order chi connectivity index (χ0) is 21.9. The molecule has 0 amide bonds. The molecule has 3 heteroatoms. The summed E-state index contributed by atoms with van der Waals surface area (Å²) in [4.78, 5) is 0. The normalized spacial score (nSPS) is 11.3. The zero-order valence-electron chi connectivity index (χ0n) is 19.0. The van der Waals surface area contributed by atoms with Crippen molar-refractivity contribution in [1.82, 2.24) is 0 Å². The Labute approximate surface area is 187 Å². The Morgan fingerprint density at radius 1 is 0.742 bits per heavy atom. The maximum absolute atomic E-state index is 6.08. The molecule has 0 aromatic heterocycles. The van der Waals surface area contributed by atoms with Crippen molar-refractivity contribution in [2.24, 2.45) is 0 Å². The summed E-state index contributed by atoms with van der Waals surface area (Å²) in [6.45, 7) is 8.58. The molecule has 0 bridgehead atoms. The Morgan fingerprint density at radius 3 is 2.23 bits per heavy atom. The van der Waals surface area contributed by atoms with Gasteiger partial charge in [-0.2, -0.15) is 0 Å². The van der Waals surface area contributed by atoms with Crippen molar-refractivity contribution >= 4 is 0 Å². The molecule has 3 aromatic carbocycles. The van der Waals surface area contributed by atoms with Crippen molar-refractivity contribution in [3.63, 3.8) is 0 Å². The first-order valence-corrected chi connectivity index (χ1v) is 11.2. The van der Waals surface area contributed by atoms with Crippen LogP contribution in [0.3, 0.4) is 0 Å². The molecule has 0 aliphatic carbocycles. The van der Waals surface area contributed by atoms with E-state index in [1.54, 1.807) is 0 Å². The van der Waals surface area contributed by atoms with Crippen LogP contribution in [0.5, 0.6) is 17.2 Å². The SMILES string of the molecule is CCCCCOc1ccc(C(C)(C)COCc2cccc(Oc3ccccc3)c2)cc1. The van der Waals surface area contributed by atoms with Crippen LogP contribution >= 0.6 is 0 Å². The summed E-state index contributed by atoms with van der Waals surface area (Å²) in [5.41, 5.74) is 2.26. The van der Waals surface area contributed by atoms with Crippen LogP contribution in [0.4, 0.5) is 0 Å². The van der Waals surface area contributed by atoms with Gasteiger partial charge in [-0.3, -0.25) is 0 Å². The Hall–Kier alpha value is -2.78. The predicted octanol–water partition coefficient (Wildman–Crippen LogP) is 7.54. The monoisotopic (exact) mass is 418 g/mol. The van der Waals surface area contributed by atoms with E-state index >= 15 is 0 Å². The second kappa shape index (κ2) is 11.6. The first-order chi connectivity index (χ1) is 15.1. The zero-order valence-corrected chi connectivity index (χ0v) is 19.0. The number of rotatable bonds is 12. The van der Waals surface area contributed by atoms with E-state index in [0.29, 0.717) is 13.2 Å². The van der Waals surface area contributed by atoms with Gasteiger partial charge in [-0.15, -0.1) is 0 Å². The third-order valence-corrected chi connectivity index (χ3v) is 5.26. The third kappa shape index (κ3) is 7.45. The Balaban J connectivity index is 1.49. The maximum Gasteiger partial charge on any atom is 0.127 e. The number of hydrogen-bond donors (Lipinski definition) is 0. The average molecular weight is 419 g/mol. The van der Waals surface area contributed by atoms with Gasteiger partial charge in [-0.05, 0) is 53.9 Å². The highest BCUT2D eigenvalue weighted by molar-refractivity contribution is 5.34. The molecule has 0 atom stereocenters. The van der Waals surface area contributed by atoms with E-state index in [1.165, 1.54) is 18.4 Å². The van der Waals surface area contributed by atoms with Gasteiger partial charge >= 0.3 is 0 Å². The fraction of sp³-hybridized carbons (Fsp3) is 0.357. The summed E-state index contributed by atoms with van der Waals surface area (Å²) in [7, 11) is 0. The molecular formula is C28H34O3. The summed E-state index contributed by atoms with van der Waals surface area (Å²) in [6, 6.07) is 26.3. The third-order valence-electron chi connectivity index (χ3n) is 5.26. The van der Waals surface area contributed by atoms with E-state index in [-0.39, 0.29) is 5.41 Å². The van der Waals surface area contributed by atoms with Gasteiger partial charge < -0.3 is 14.2 Å². The van der Waals surface area contributed by atoms with Gasteiger partial charge in [0, 0.05) is 5.41 Å². The van der Waals surface area contributed by atoms with Crippen molar-refractivity contribution in [3.8, 4) is 17.2 Å². The number of unbranched alkanes of at least 4 members (excludes halogenated alkanes) is 2. The summed E-state index contributed by atoms with van der Waals surface area (Å²) in [6.07, 6.45) is 3.53. The molecule has 0 heterocycles. The molecule has 3 aromatic rings. The lowest BCUT2D eigenvalue weighted by Crippen LogP contribution is -2.24. The Kier molecular flexibility index (Phi) is 8.54. The minimum atomic E-state index is -0.0844. The van der Waals surface area contributed by atoms with Crippen molar-refractivity contribution in [3.05, 3.63) is 90.0 Å². The van der Waals surface area contributed by atoms with Crippen molar-refractivity contribution in [2.75, 3.05) is 13.2 Å². The lowest BCUT2D eigenvalue weighted by atomic mass is 9.85. The highest BCUT2D eigenvalue weighted by atomic mass is 16.5. The molecule has 3 rings (SSSR count). The van der Waals surface area contributed by atoms with E-state index in [4.69, 9.17) is 14.2 Å². The van der Waals surface area contributed by atoms with Crippen molar-refractivity contribution in [1.29, 1.82) is 0 Å². The number of hydrogen-bond acceptors (Lipinski definition) is 3. The number of ether oxygens (including phenoxy) is 3. The fourth-order valence-corrected chi connectivity index (χ4v) is 3.38. The molecule has 0 saturated heterocycles. The Bertz CT molecular complexity index is 901. The molecule has 31 heavy (non-hydrogen) atoms. The van der Waals surface area contributed by atoms with Crippen LogP contribution in [-0.4, -0.2) is 13.2 Å². The molecule has 0 aliphatic heterocycles. The van der Waals surface area contributed by atoms with Crippen LogP contribution in [0.25, 0.3) is 0 Å². The minimum absolute atomic E-state index is 0.0844. The first kappa shape index (κ1) is 22.9. The fourth-order valence-electron chi connectivity index (χ4n) is 3.38. The smallest absolute Gasteiger partial charge is 0.127 e. The van der Waals surface area contributed by atoms with E-state index in [1.807, 2.05) is 48.5 Å². The molecule has 0 unspecified atom stereocenters. The summed E-state index contributed by atoms with van der Waals surface area (Å²) in [5.74, 6) is 2.59. The summed E-state index contributed by atoms with van der Waals surface area (Å²) >= 11 is 0. The maximum atomic E-state index is 6.08. The van der Waals surface area contributed by atoms with Gasteiger partial charge in [0.05, 0.1) is 19.8 Å². The van der Waals surface area contributed by atoms with E-state index in [2.05, 4.69) is 51.1 Å². The van der Waals surface area contributed by atoms with Gasteiger partial charge in [-0.1, -0.05) is 76.1 Å². The lowest BCUT2D eigenvalue weighted by Gasteiger charge is -2.25. The number of para-hydroxylation sites is 1. The second-order valence-electron chi connectivity index (χ2n) is 8.52. The molecular weight excluding hydrogens is 384 g/mol. The molecule has 0 radical (unpaired) electrons. The van der Waals surface area contributed by atoms with Gasteiger partial charge in [0.25, 0.3) is 0 Å². The van der Waals surface area contributed by atoms with Gasteiger partial charge in [0.1, 0.15) is 17.2 Å². The van der Waals surface area contributed by atoms with Gasteiger partial charge in [-0.25, -0.2) is 0 Å². The van der Waals surface area contributed by atoms with Crippen LogP contribution in [0, 0.1) is 0 Å². The summed E-state index contributed by atoms with van der Waals surface area (Å²) < 4.78 is 17.8. The van der Waals surface area contributed by atoms with E-state index < -0.39 is 0 Å². The van der Waals surface area contributed by atoms with Crippen LogP contribution in [0.2, 0.25) is 0 Å². The molecule has 3 nitrogen and oxygen atoms in total. The minimum Gasteiger partial charge on any atom is -0.494 e. The summed E-state index contributed by atoms with van der Waals surface area (Å²) in [5, 5.41) is 0. The lowest BCUT2D eigenvalue weighted by molar-refractivity contribution is 0.0824. The first-order valence-electron chi connectivity index (χ1n) is 11.2. The average Bonchev–Trinajstić information content (AvgIpc) is 2.78. The van der Waals surface area contributed by atoms with Crippen molar-refractivity contribution < 1.29 is 14.2 Å². The highest BCUT2D eigenvalue weighted by Crippen LogP contribution is 2.27. The van der Waals surface area contributed by atoms with E-state index in [0.717, 1.165) is 35.8 Å². The molecule has 0 aliphatic rings. The largest absolute Gasteiger partial charge is 0.494 e. The van der Waals surface area contributed by atoms with Gasteiger partial charge in [0.2, 0.25) is 0 Å². The number of benzene rings is 3. The molecule has 0 spiro atoms. The second-order valence-corrected chi connectivity index (χ2v) is 8.52. The highest BCUT2D eigenvalue weighted by Gasteiger charge is 2.21.